The standard InChI is InChI=1S/C11H22O4/c1-9(2)7-8-12-14-15-13-11(5,6)10(9,3)4/h7-8H2,1-6H3. The van der Waals surface area contributed by atoms with Gasteiger partial charge < -0.3 is 0 Å². The summed E-state index contributed by atoms with van der Waals surface area (Å²) in [5.41, 5.74) is -0.463. The molecule has 0 aromatic rings. The first-order valence-corrected chi connectivity index (χ1v) is 5.35. The highest BCUT2D eigenvalue weighted by Crippen LogP contribution is 2.50. The lowest BCUT2D eigenvalue weighted by Crippen LogP contribution is -2.50. The lowest BCUT2D eigenvalue weighted by atomic mass is 9.59. The van der Waals surface area contributed by atoms with Crippen molar-refractivity contribution >= 4 is 0 Å². The Morgan fingerprint density at radius 2 is 1.47 bits per heavy atom. The van der Waals surface area contributed by atoms with Crippen molar-refractivity contribution in [1.82, 2.24) is 0 Å². The van der Waals surface area contributed by atoms with E-state index in [2.05, 4.69) is 37.8 Å². The molecule has 1 heterocycles. The fourth-order valence-electron chi connectivity index (χ4n) is 1.68. The van der Waals surface area contributed by atoms with Crippen LogP contribution in [0.25, 0.3) is 0 Å². The Balaban J connectivity index is 2.97. The molecule has 0 aromatic carbocycles. The van der Waals surface area contributed by atoms with E-state index < -0.39 is 5.60 Å². The average molecular weight is 218 g/mol. The summed E-state index contributed by atoms with van der Waals surface area (Å²) in [5, 5.41) is 9.03. The maximum absolute atomic E-state index is 5.25. The van der Waals surface area contributed by atoms with Gasteiger partial charge in [0.1, 0.15) is 5.60 Å². The van der Waals surface area contributed by atoms with Gasteiger partial charge in [-0.05, 0) is 35.8 Å². The summed E-state index contributed by atoms with van der Waals surface area (Å²) in [6.45, 7) is 13.2. The molecule has 0 N–H and O–H groups in total. The van der Waals surface area contributed by atoms with Crippen molar-refractivity contribution < 1.29 is 19.9 Å². The normalized spacial score (nSPS) is 30.0. The van der Waals surface area contributed by atoms with Crippen LogP contribution < -0.4 is 0 Å². The molecule has 0 amide bonds. The maximum atomic E-state index is 5.25. The van der Waals surface area contributed by atoms with E-state index in [9.17, 15) is 0 Å². The smallest absolute Gasteiger partial charge is 0.107 e. The Kier molecular flexibility index (Phi) is 3.45. The Labute approximate surface area is 91.6 Å². The molecule has 0 radical (unpaired) electrons. The highest BCUT2D eigenvalue weighted by Gasteiger charge is 2.50. The molecule has 0 saturated carbocycles. The summed E-state index contributed by atoms with van der Waals surface area (Å²) < 4.78 is 0. The van der Waals surface area contributed by atoms with Crippen molar-refractivity contribution in [3.05, 3.63) is 0 Å². The van der Waals surface area contributed by atoms with E-state index >= 15 is 0 Å². The van der Waals surface area contributed by atoms with Gasteiger partial charge in [0.05, 0.1) is 6.61 Å². The molecule has 1 fully saturated rings. The predicted molar refractivity (Wildman–Crippen MR) is 55.5 cm³/mol. The van der Waals surface area contributed by atoms with Gasteiger partial charge in [-0.25, -0.2) is 4.89 Å². The molecule has 15 heavy (non-hydrogen) atoms. The molecule has 4 heteroatoms. The van der Waals surface area contributed by atoms with Crippen LogP contribution in [-0.4, -0.2) is 12.2 Å². The summed E-state index contributed by atoms with van der Waals surface area (Å²) in [5.74, 6) is 0. The number of rotatable bonds is 0. The first-order valence-electron chi connectivity index (χ1n) is 5.35. The molecule has 0 aliphatic carbocycles. The molecule has 90 valence electrons. The average Bonchev–Trinajstić information content (AvgIpc) is 2.11. The Morgan fingerprint density at radius 3 is 2.07 bits per heavy atom. The molecule has 1 aliphatic heterocycles. The SMILES string of the molecule is CC1(C)CCOOOOC(C)(C)C1(C)C. The van der Waals surface area contributed by atoms with Crippen LogP contribution in [0.2, 0.25) is 0 Å². The molecule has 0 unspecified atom stereocenters. The minimum atomic E-state index is -0.454. The lowest BCUT2D eigenvalue weighted by molar-refractivity contribution is -0.651. The van der Waals surface area contributed by atoms with Crippen molar-refractivity contribution in [1.29, 1.82) is 0 Å². The molecule has 1 rings (SSSR count). The van der Waals surface area contributed by atoms with Crippen LogP contribution >= 0.6 is 0 Å². The summed E-state index contributed by atoms with van der Waals surface area (Å²) in [4.78, 5) is 10.1. The topological polar surface area (TPSA) is 36.9 Å². The summed E-state index contributed by atoms with van der Waals surface area (Å²) in [6.07, 6.45) is 0.885. The third-order valence-electron chi connectivity index (χ3n) is 4.33. The van der Waals surface area contributed by atoms with Gasteiger partial charge in [0, 0.05) is 5.41 Å². The van der Waals surface area contributed by atoms with E-state index in [0.29, 0.717) is 6.61 Å². The first kappa shape index (κ1) is 12.9. The van der Waals surface area contributed by atoms with E-state index in [1.54, 1.807) is 0 Å². The van der Waals surface area contributed by atoms with Gasteiger partial charge in [0.25, 0.3) is 0 Å². The number of hydrogen-bond acceptors (Lipinski definition) is 4. The molecule has 1 saturated heterocycles. The minimum absolute atomic E-state index is 0.0631. The van der Waals surface area contributed by atoms with Crippen molar-refractivity contribution in [2.45, 2.75) is 53.6 Å². The number of hydrogen-bond donors (Lipinski definition) is 0. The Bertz CT molecular complexity index is 199. The van der Waals surface area contributed by atoms with E-state index in [0.717, 1.165) is 6.42 Å². The van der Waals surface area contributed by atoms with E-state index in [-0.39, 0.29) is 10.8 Å². The molecule has 0 aromatic heterocycles. The maximum Gasteiger partial charge on any atom is 0.107 e. The van der Waals surface area contributed by atoms with Crippen molar-refractivity contribution in [3.63, 3.8) is 0 Å². The minimum Gasteiger partial charge on any atom is -0.204 e. The third kappa shape index (κ3) is 2.33. The highest BCUT2D eigenvalue weighted by atomic mass is 17.7. The zero-order chi connectivity index (χ0) is 11.7. The Hall–Kier alpha value is -0.160. The van der Waals surface area contributed by atoms with Crippen LogP contribution in [0.3, 0.4) is 0 Å². The van der Waals surface area contributed by atoms with Crippen LogP contribution in [-0.2, 0) is 19.9 Å². The van der Waals surface area contributed by atoms with E-state index in [1.807, 2.05) is 13.8 Å². The summed E-state index contributed by atoms with van der Waals surface area (Å²) >= 11 is 0. The molecule has 4 nitrogen and oxygen atoms in total. The van der Waals surface area contributed by atoms with Gasteiger partial charge in [0.2, 0.25) is 0 Å². The van der Waals surface area contributed by atoms with Crippen LogP contribution in [0.1, 0.15) is 48.0 Å². The second-order valence-corrected chi connectivity index (χ2v) is 5.81. The molecule has 0 atom stereocenters. The highest BCUT2D eigenvalue weighted by molar-refractivity contribution is 4.97. The van der Waals surface area contributed by atoms with Crippen molar-refractivity contribution in [2.75, 3.05) is 6.61 Å². The second-order valence-electron chi connectivity index (χ2n) is 5.81. The van der Waals surface area contributed by atoms with Gasteiger partial charge in [-0.2, -0.15) is 4.89 Å². The van der Waals surface area contributed by atoms with Crippen LogP contribution in [0, 0.1) is 10.8 Å². The van der Waals surface area contributed by atoms with Crippen molar-refractivity contribution in [2.24, 2.45) is 10.8 Å². The largest absolute Gasteiger partial charge is 0.204 e. The lowest BCUT2D eigenvalue weighted by Gasteiger charge is -2.49. The Morgan fingerprint density at radius 1 is 0.867 bits per heavy atom. The first-order chi connectivity index (χ1) is 6.71. The molecular formula is C11H22O4. The zero-order valence-electron chi connectivity index (χ0n) is 10.5. The van der Waals surface area contributed by atoms with Crippen molar-refractivity contribution in [3.8, 4) is 0 Å². The fourth-order valence-corrected chi connectivity index (χ4v) is 1.68. The van der Waals surface area contributed by atoms with E-state index in [4.69, 9.17) is 9.78 Å². The monoisotopic (exact) mass is 218 g/mol. The predicted octanol–water partition coefficient (Wildman–Crippen LogP) is 3.03. The third-order valence-corrected chi connectivity index (χ3v) is 4.33. The quantitative estimate of drug-likeness (QED) is 0.586. The van der Waals surface area contributed by atoms with Gasteiger partial charge in [0.15, 0.2) is 0 Å². The van der Waals surface area contributed by atoms with Crippen LogP contribution in [0.4, 0.5) is 0 Å². The molecule has 1 aliphatic rings. The van der Waals surface area contributed by atoms with Gasteiger partial charge >= 0.3 is 0 Å². The molecule has 0 spiro atoms. The van der Waals surface area contributed by atoms with Crippen LogP contribution in [0.15, 0.2) is 0 Å². The van der Waals surface area contributed by atoms with Crippen LogP contribution in [0.5, 0.6) is 0 Å². The van der Waals surface area contributed by atoms with Gasteiger partial charge in [-0.15, -0.1) is 0 Å². The second kappa shape index (κ2) is 4.01. The molecule has 0 bridgehead atoms. The van der Waals surface area contributed by atoms with Gasteiger partial charge in [-0.1, -0.05) is 27.7 Å². The summed E-state index contributed by atoms with van der Waals surface area (Å²) in [6, 6.07) is 0. The fraction of sp³-hybridized carbons (Fsp3) is 1.00. The summed E-state index contributed by atoms with van der Waals surface area (Å²) in [7, 11) is 0. The molecular weight excluding hydrogens is 196 g/mol. The zero-order valence-corrected chi connectivity index (χ0v) is 10.5. The van der Waals surface area contributed by atoms with Gasteiger partial charge in [-0.3, -0.25) is 0 Å². The van der Waals surface area contributed by atoms with E-state index in [1.165, 1.54) is 0 Å².